The third-order valence-corrected chi connectivity index (χ3v) is 4.71. The normalized spacial score (nSPS) is 12.2. The highest BCUT2D eigenvalue weighted by molar-refractivity contribution is 9.09. The topological polar surface area (TPSA) is 22.1 Å². The first kappa shape index (κ1) is 16.0. The van der Waals surface area contributed by atoms with Gasteiger partial charge in [-0.1, -0.05) is 45.8 Å². The fraction of sp³-hybridized carbons (Fsp3) is 0.389. The van der Waals surface area contributed by atoms with E-state index in [9.17, 15) is 0 Å². The number of methoxy groups -OCH3 is 1. The summed E-state index contributed by atoms with van der Waals surface area (Å²) in [6, 6.07) is 8.76. The van der Waals surface area contributed by atoms with Crippen LogP contribution in [0.15, 0.2) is 30.5 Å². The summed E-state index contributed by atoms with van der Waals surface area (Å²) in [5.74, 6) is 1.38. The van der Waals surface area contributed by atoms with Gasteiger partial charge < -0.3 is 4.74 Å². The van der Waals surface area contributed by atoms with E-state index in [-0.39, 0.29) is 0 Å². The Morgan fingerprint density at radius 2 is 1.81 bits per heavy atom. The Morgan fingerprint density at radius 3 is 2.38 bits per heavy atom. The van der Waals surface area contributed by atoms with Gasteiger partial charge in [0, 0.05) is 28.3 Å². The van der Waals surface area contributed by atoms with Crippen molar-refractivity contribution < 1.29 is 4.74 Å². The van der Waals surface area contributed by atoms with Crippen molar-refractivity contribution >= 4 is 15.9 Å². The summed E-state index contributed by atoms with van der Waals surface area (Å²) in [6.07, 6.45) is 2.82. The Kier molecular flexibility index (Phi) is 5.40. The van der Waals surface area contributed by atoms with Crippen LogP contribution in [-0.2, 0) is 6.42 Å². The van der Waals surface area contributed by atoms with Crippen molar-refractivity contribution in [1.82, 2.24) is 4.98 Å². The van der Waals surface area contributed by atoms with E-state index in [2.05, 4.69) is 59.0 Å². The van der Waals surface area contributed by atoms with E-state index >= 15 is 0 Å². The number of nitrogens with zero attached hydrogens (tertiary/aromatic N) is 1. The van der Waals surface area contributed by atoms with E-state index in [1.165, 1.54) is 11.1 Å². The molecule has 1 aromatic heterocycles. The van der Waals surface area contributed by atoms with Crippen LogP contribution in [0.2, 0.25) is 0 Å². The van der Waals surface area contributed by atoms with Crippen molar-refractivity contribution in [2.75, 3.05) is 12.4 Å². The zero-order valence-corrected chi connectivity index (χ0v) is 14.7. The lowest BCUT2D eigenvalue weighted by atomic mass is 9.93. The molecule has 3 heteroatoms. The number of pyridine rings is 1. The van der Waals surface area contributed by atoms with E-state index in [1.54, 1.807) is 7.11 Å². The third kappa shape index (κ3) is 3.65. The number of aryl methyl sites for hydroxylation is 2. The lowest BCUT2D eigenvalue weighted by molar-refractivity contribution is 0.406. The maximum Gasteiger partial charge on any atom is 0.128 e. The second-order valence-corrected chi connectivity index (χ2v) is 6.16. The van der Waals surface area contributed by atoms with Crippen LogP contribution >= 0.6 is 15.9 Å². The van der Waals surface area contributed by atoms with E-state index in [0.29, 0.717) is 5.92 Å². The van der Waals surface area contributed by atoms with Gasteiger partial charge >= 0.3 is 0 Å². The standard InChI is InChI=1S/C18H22BrNO/c1-12-5-7-15(8-6-12)16(10-19)9-17-14(3)18(21-4)13(2)11-20-17/h5-8,11,16H,9-10H2,1-4H3. The lowest BCUT2D eigenvalue weighted by Crippen LogP contribution is -2.08. The van der Waals surface area contributed by atoms with Crippen LogP contribution in [0.5, 0.6) is 5.75 Å². The van der Waals surface area contributed by atoms with Gasteiger partial charge in [-0.15, -0.1) is 0 Å². The van der Waals surface area contributed by atoms with E-state index in [1.807, 2.05) is 13.1 Å². The van der Waals surface area contributed by atoms with Gasteiger partial charge in [-0.2, -0.15) is 0 Å². The number of halogens is 1. The largest absolute Gasteiger partial charge is 0.496 e. The molecular weight excluding hydrogens is 326 g/mol. The first-order valence-corrected chi connectivity index (χ1v) is 8.30. The molecule has 0 saturated heterocycles. The van der Waals surface area contributed by atoms with Gasteiger partial charge in [-0.05, 0) is 38.7 Å². The Hall–Kier alpha value is -1.35. The van der Waals surface area contributed by atoms with Crippen molar-refractivity contribution in [3.8, 4) is 5.75 Å². The molecule has 0 radical (unpaired) electrons. The highest BCUT2D eigenvalue weighted by atomic mass is 79.9. The molecule has 21 heavy (non-hydrogen) atoms. The average Bonchev–Trinajstić information content (AvgIpc) is 2.48. The van der Waals surface area contributed by atoms with E-state index < -0.39 is 0 Å². The van der Waals surface area contributed by atoms with Gasteiger partial charge in [0.2, 0.25) is 0 Å². The molecule has 2 aromatic rings. The molecule has 0 saturated carbocycles. The van der Waals surface area contributed by atoms with Crippen LogP contribution in [0.3, 0.4) is 0 Å². The summed E-state index contributed by atoms with van der Waals surface area (Å²) < 4.78 is 5.50. The fourth-order valence-corrected chi connectivity index (χ4v) is 3.21. The second kappa shape index (κ2) is 7.08. The van der Waals surface area contributed by atoms with E-state index in [0.717, 1.165) is 34.3 Å². The number of hydrogen-bond acceptors (Lipinski definition) is 2. The van der Waals surface area contributed by atoms with Gasteiger partial charge in [0.15, 0.2) is 0 Å². The van der Waals surface area contributed by atoms with Gasteiger partial charge in [0.25, 0.3) is 0 Å². The summed E-state index contributed by atoms with van der Waals surface area (Å²) in [5, 5.41) is 0.924. The molecule has 0 bridgehead atoms. The molecule has 0 spiro atoms. The van der Waals surface area contributed by atoms with Crippen LogP contribution in [-0.4, -0.2) is 17.4 Å². The molecular formula is C18H22BrNO. The highest BCUT2D eigenvalue weighted by Gasteiger charge is 2.16. The highest BCUT2D eigenvalue weighted by Crippen LogP contribution is 2.29. The fourth-order valence-electron chi connectivity index (χ4n) is 2.61. The summed E-state index contributed by atoms with van der Waals surface area (Å²) in [7, 11) is 1.72. The molecule has 1 atom stereocenters. The lowest BCUT2D eigenvalue weighted by Gasteiger charge is -2.18. The molecule has 0 amide bonds. The average molecular weight is 348 g/mol. The van der Waals surface area contributed by atoms with Crippen LogP contribution < -0.4 is 4.74 Å². The van der Waals surface area contributed by atoms with Crippen molar-refractivity contribution in [3.05, 3.63) is 58.4 Å². The number of alkyl halides is 1. The molecule has 1 unspecified atom stereocenters. The minimum atomic E-state index is 0.421. The zero-order chi connectivity index (χ0) is 15.4. The van der Waals surface area contributed by atoms with Crippen LogP contribution in [0, 0.1) is 20.8 Å². The maximum atomic E-state index is 5.50. The Bertz CT molecular complexity index is 607. The van der Waals surface area contributed by atoms with Crippen LogP contribution in [0.1, 0.15) is 33.9 Å². The Labute approximate surface area is 135 Å². The third-order valence-electron chi connectivity index (χ3n) is 3.92. The second-order valence-electron chi connectivity index (χ2n) is 5.51. The molecule has 0 N–H and O–H groups in total. The molecule has 0 aliphatic carbocycles. The molecule has 0 aliphatic rings. The van der Waals surface area contributed by atoms with Crippen molar-refractivity contribution in [2.24, 2.45) is 0 Å². The molecule has 0 fully saturated rings. The van der Waals surface area contributed by atoms with Gasteiger partial charge in [-0.25, -0.2) is 0 Å². The molecule has 2 rings (SSSR count). The molecule has 0 aliphatic heterocycles. The van der Waals surface area contributed by atoms with Crippen LogP contribution in [0.25, 0.3) is 0 Å². The SMILES string of the molecule is COc1c(C)cnc(CC(CBr)c2ccc(C)cc2)c1C. The molecule has 1 heterocycles. The first-order valence-electron chi connectivity index (χ1n) is 7.18. The van der Waals surface area contributed by atoms with Gasteiger partial charge in [-0.3, -0.25) is 4.98 Å². The van der Waals surface area contributed by atoms with Gasteiger partial charge in [0.1, 0.15) is 5.75 Å². The predicted octanol–water partition coefficient (Wildman–Crippen LogP) is 4.74. The predicted molar refractivity (Wildman–Crippen MR) is 91.7 cm³/mol. The Balaban J connectivity index is 2.29. The smallest absolute Gasteiger partial charge is 0.128 e. The number of rotatable bonds is 5. The van der Waals surface area contributed by atoms with Crippen molar-refractivity contribution in [2.45, 2.75) is 33.1 Å². The number of benzene rings is 1. The zero-order valence-electron chi connectivity index (χ0n) is 13.1. The summed E-state index contributed by atoms with van der Waals surface area (Å²) in [5.41, 5.74) is 5.99. The monoisotopic (exact) mass is 347 g/mol. The van der Waals surface area contributed by atoms with E-state index in [4.69, 9.17) is 4.74 Å². The quantitative estimate of drug-likeness (QED) is 0.729. The summed E-state index contributed by atoms with van der Waals surface area (Å²) >= 11 is 3.64. The minimum absolute atomic E-state index is 0.421. The Morgan fingerprint density at radius 1 is 1.14 bits per heavy atom. The van der Waals surface area contributed by atoms with Gasteiger partial charge in [0.05, 0.1) is 7.11 Å². The molecule has 2 nitrogen and oxygen atoms in total. The minimum Gasteiger partial charge on any atom is -0.496 e. The maximum absolute atomic E-state index is 5.50. The number of ether oxygens (including phenoxy) is 1. The number of aromatic nitrogens is 1. The van der Waals surface area contributed by atoms with Crippen molar-refractivity contribution in [3.63, 3.8) is 0 Å². The van der Waals surface area contributed by atoms with Crippen LogP contribution in [0.4, 0.5) is 0 Å². The summed E-state index contributed by atoms with van der Waals surface area (Å²) in [4.78, 5) is 4.62. The molecule has 1 aromatic carbocycles. The summed E-state index contributed by atoms with van der Waals surface area (Å²) in [6.45, 7) is 6.24. The first-order chi connectivity index (χ1) is 10.1. The number of hydrogen-bond donors (Lipinski definition) is 0. The van der Waals surface area contributed by atoms with Crippen molar-refractivity contribution in [1.29, 1.82) is 0 Å². The molecule has 112 valence electrons.